The van der Waals surface area contributed by atoms with Crippen molar-refractivity contribution in [1.82, 2.24) is 3.11 Å². The quantitative estimate of drug-likeness (QED) is 0.208. The fraction of sp³-hybridized carbons (Fsp3) is 0.800. The minimum atomic E-state index is -0.756. The molecule has 0 spiro atoms. The van der Waals surface area contributed by atoms with E-state index in [0.29, 0.717) is 25.3 Å². The normalized spacial score (nSPS) is 14.3. The Balaban J connectivity index is 3.95. The van der Waals surface area contributed by atoms with Crippen molar-refractivity contribution in [1.29, 1.82) is 0 Å². The van der Waals surface area contributed by atoms with Crippen LogP contribution in [-0.2, 0) is 9.59 Å². The fourth-order valence-corrected chi connectivity index (χ4v) is 2.63. The molecule has 1 amide bonds. The summed E-state index contributed by atoms with van der Waals surface area (Å²) < 4.78 is 1.51. The summed E-state index contributed by atoms with van der Waals surface area (Å²) in [5, 5.41) is 16.3. The van der Waals surface area contributed by atoms with Crippen LogP contribution in [0.5, 0.6) is 0 Å². The van der Waals surface area contributed by atoms with Crippen molar-refractivity contribution < 1.29 is 14.7 Å². The molecule has 0 aliphatic rings. The molecule has 0 heterocycles. The van der Waals surface area contributed by atoms with Gasteiger partial charge in [-0.05, 0) is 6.42 Å². The molecule has 0 aliphatic heterocycles. The number of carbonyl (C=O) groups excluding carboxylic acids is 2. The van der Waals surface area contributed by atoms with E-state index in [4.69, 9.17) is 5.84 Å². The van der Waals surface area contributed by atoms with Crippen LogP contribution in [0.3, 0.4) is 0 Å². The van der Waals surface area contributed by atoms with Gasteiger partial charge in [-0.1, -0.05) is 23.9 Å². The van der Waals surface area contributed by atoms with Crippen molar-refractivity contribution in [2.45, 2.75) is 26.4 Å². The Morgan fingerprint density at radius 1 is 1.53 bits per heavy atom. The molecule has 0 aromatic rings. The molecule has 0 fully saturated rings. The second-order valence-electron chi connectivity index (χ2n) is 3.90. The van der Waals surface area contributed by atoms with E-state index >= 15 is 0 Å². The number of hydrogen-bond acceptors (Lipinski definition) is 6. The van der Waals surface area contributed by atoms with Gasteiger partial charge in [-0.25, -0.2) is 0 Å². The van der Waals surface area contributed by atoms with Crippen molar-refractivity contribution in [2.75, 3.05) is 18.8 Å². The van der Waals surface area contributed by atoms with E-state index in [1.165, 1.54) is 10.0 Å². The van der Waals surface area contributed by atoms with E-state index in [0.717, 1.165) is 11.8 Å². The first-order valence-corrected chi connectivity index (χ1v) is 7.70. The molecular formula is C10H19IN4O3S. The number of carbonyl (C=O) groups is 2. The highest BCUT2D eigenvalue weighted by atomic mass is 127. The second-order valence-corrected chi connectivity index (χ2v) is 6.16. The Labute approximate surface area is 130 Å². The number of aliphatic hydroxyl groups is 1. The predicted octanol–water partition coefficient (Wildman–Crippen LogP) is 1.16. The van der Waals surface area contributed by atoms with Gasteiger partial charge in [-0.3, -0.25) is 12.7 Å². The van der Waals surface area contributed by atoms with Crippen LogP contribution < -0.4 is 5.84 Å². The van der Waals surface area contributed by atoms with Crippen LogP contribution in [0.25, 0.3) is 0 Å². The maximum atomic E-state index is 11.8. The van der Waals surface area contributed by atoms with Gasteiger partial charge in [-0.15, -0.1) is 0 Å². The van der Waals surface area contributed by atoms with Gasteiger partial charge in [0.2, 0.25) is 5.91 Å². The molecule has 1 unspecified atom stereocenters. The molecule has 2 atom stereocenters. The van der Waals surface area contributed by atoms with E-state index in [2.05, 4.69) is 10.3 Å². The fourth-order valence-electron chi connectivity index (χ4n) is 1.17. The van der Waals surface area contributed by atoms with Crippen LogP contribution in [0.4, 0.5) is 0 Å². The molecule has 0 rings (SSSR count). The van der Waals surface area contributed by atoms with Crippen molar-refractivity contribution in [3.8, 4) is 0 Å². The van der Waals surface area contributed by atoms with Gasteiger partial charge in [0, 0.05) is 19.2 Å². The van der Waals surface area contributed by atoms with Crippen molar-refractivity contribution in [2.24, 2.45) is 22.1 Å². The highest BCUT2D eigenvalue weighted by molar-refractivity contribution is 14.1. The minimum Gasteiger partial charge on any atom is -0.392 e. The van der Waals surface area contributed by atoms with E-state index in [9.17, 15) is 14.7 Å². The minimum absolute atomic E-state index is 0.0473. The number of hydrogen-bond donors (Lipinski definition) is 2. The van der Waals surface area contributed by atoms with Crippen LogP contribution in [0.1, 0.15) is 20.3 Å². The Kier molecular flexibility index (Phi) is 10.1. The van der Waals surface area contributed by atoms with E-state index in [1.807, 2.05) is 22.9 Å². The van der Waals surface area contributed by atoms with Gasteiger partial charge < -0.3 is 10.9 Å². The standard InChI is InChI=1S/C10H19IN4O3S/c1-7(9(17)3-4-13-14-12)10(18)19-6-5-15(11)8(2)16/h7,9,17H,3-6H2,1-2H3,(H2,12,13)/t7-,9?/m0/s1. The first-order valence-electron chi connectivity index (χ1n) is 5.75. The Bertz CT molecular complexity index is 330. The smallest absolute Gasteiger partial charge is 0.228 e. The van der Waals surface area contributed by atoms with Gasteiger partial charge in [0.05, 0.1) is 41.4 Å². The lowest BCUT2D eigenvalue weighted by Gasteiger charge is -2.17. The van der Waals surface area contributed by atoms with Crippen LogP contribution in [-0.4, -0.2) is 44.2 Å². The molecule has 0 aliphatic carbocycles. The predicted molar refractivity (Wildman–Crippen MR) is 82.6 cm³/mol. The number of nitrogens with two attached hydrogens (primary N) is 1. The third kappa shape index (κ3) is 8.37. The number of amides is 1. The molecular weight excluding hydrogens is 383 g/mol. The zero-order chi connectivity index (χ0) is 14.8. The molecule has 19 heavy (non-hydrogen) atoms. The van der Waals surface area contributed by atoms with Gasteiger partial charge in [-0.2, -0.15) is 5.11 Å². The molecule has 0 aromatic heterocycles. The monoisotopic (exact) mass is 402 g/mol. The van der Waals surface area contributed by atoms with E-state index in [1.54, 1.807) is 6.92 Å². The zero-order valence-electron chi connectivity index (χ0n) is 11.0. The lowest BCUT2D eigenvalue weighted by Crippen LogP contribution is -2.26. The van der Waals surface area contributed by atoms with Crippen molar-refractivity contribution in [3.05, 3.63) is 0 Å². The highest BCUT2D eigenvalue weighted by Crippen LogP contribution is 2.17. The average molecular weight is 402 g/mol. The lowest BCUT2D eigenvalue weighted by molar-refractivity contribution is -0.123. The van der Waals surface area contributed by atoms with Crippen LogP contribution >= 0.6 is 34.6 Å². The number of thioether (sulfide) groups is 1. The summed E-state index contributed by atoms with van der Waals surface area (Å²) in [6, 6.07) is 0. The van der Waals surface area contributed by atoms with E-state index < -0.39 is 12.0 Å². The third-order valence-electron chi connectivity index (χ3n) is 2.43. The first kappa shape index (κ1) is 18.6. The molecule has 0 radical (unpaired) electrons. The zero-order valence-corrected chi connectivity index (χ0v) is 13.9. The van der Waals surface area contributed by atoms with Gasteiger partial charge in [0.1, 0.15) is 0 Å². The molecule has 3 N–H and O–H groups in total. The summed E-state index contributed by atoms with van der Waals surface area (Å²) in [7, 11) is 0. The van der Waals surface area contributed by atoms with Crippen LogP contribution in [0, 0.1) is 5.92 Å². The Morgan fingerprint density at radius 2 is 2.16 bits per heavy atom. The molecule has 9 heteroatoms. The third-order valence-corrected chi connectivity index (χ3v) is 4.63. The summed E-state index contributed by atoms with van der Waals surface area (Å²) in [6.45, 7) is 3.94. The van der Waals surface area contributed by atoms with E-state index in [-0.39, 0.29) is 11.0 Å². The Morgan fingerprint density at radius 3 is 2.68 bits per heavy atom. The summed E-state index contributed by atoms with van der Waals surface area (Å²) in [4.78, 5) is 22.7. The maximum absolute atomic E-state index is 11.8. The molecule has 0 saturated heterocycles. The van der Waals surface area contributed by atoms with Crippen LogP contribution in [0.15, 0.2) is 10.3 Å². The summed E-state index contributed by atoms with van der Waals surface area (Å²) in [5.74, 6) is 4.84. The largest absolute Gasteiger partial charge is 0.392 e. The molecule has 110 valence electrons. The number of rotatable bonds is 8. The molecule has 7 nitrogen and oxygen atoms in total. The number of aliphatic hydroxyl groups excluding tert-OH is 1. The molecule has 0 aromatic carbocycles. The average Bonchev–Trinajstić information content (AvgIpc) is 2.37. The number of nitrogens with zero attached hydrogens (tertiary/aromatic N) is 3. The SMILES string of the molecule is CC(=O)N(I)CCSC(=O)[C@@H](C)C(O)CCN=NN. The van der Waals surface area contributed by atoms with Crippen LogP contribution in [0.2, 0.25) is 0 Å². The second kappa shape index (κ2) is 10.4. The van der Waals surface area contributed by atoms with Gasteiger partial charge >= 0.3 is 0 Å². The van der Waals surface area contributed by atoms with Crippen molar-refractivity contribution >= 4 is 45.6 Å². The highest BCUT2D eigenvalue weighted by Gasteiger charge is 2.22. The number of halogens is 1. The molecule has 0 bridgehead atoms. The summed E-state index contributed by atoms with van der Waals surface area (Å²) in [5.41, 5.74) is 0. The van der Waals surface area contributed by atoms with Gasteiger partial charge in [0.25, 0.3) is 0 Å². The lowest BCUT2D eigenvalue weighted by atomic mass is 10.0. The summed E-state index contributed by atoms with van der Waals surface area (Å²) in [6.07, 6.45) is -0.408. The Hall–Kier alpha value is -0.420. The summed E-state index contributed by atoms with van der Waals surface area (Å²) >= 11 is 3.03. The topological polar surface area (TPSA) is 108 Å². The van der Waals surface area contributed by atoms with Crippen molar-refractivity contribution in [3.63, 3.8) is 0 Å². The van der Waals surface area contributed by atoms with Gasteiger partial charge in [0.15, 0.2) is 5.12 Å². The maximum Gasteiger partial charge on any atom is 0.228 e. The molecule has 0 saturated carbocycles. The first-order chi connectivity index (χ1) is 8.90.